The van der Waals surface area contributed by atoms with Crippen LogP contribution < -0.4 is 10.6 Å². The van der Waals surface area contributed by atoms with Gasteiger partial charge in [0, 0.05) is 35.7 Å². The van der Waals surface area contributed by atoms with Crippen molar-refractivity contribution in [1.29, 1.82) is 0 Å². The van der Waals surface area contributed by atoms with E-state index in [0.717, 1.165) is 12.8 Å². The van der Waals surface area contributed by atoms with E-state index < -0.39 is 12.9 Å². The average molecular weight is 420 g/mol. The topological polar surface area (TPSA) is 133 Å². The molecule has 2 N–H and O–H groups in total. The van der Waals surface area contributed by atoms with E-state index in [1.165, 1.54) is 12.4 Å². The van der Waals surface area contributed by atoms with Crippen LogP contribution in [-0.4, -0.2) is 53.3 Å². The lowest BCUT2D eigenvalue weighted by molar-refractivity contribution is -0.117. The first-order valence-corrected chi connectivity index (χ1v) is 9.53. The van der Waals surface area contributed by atoms with Crippen LogP contribution in [0, 0.1) is 5.92 Å². The van der Waals surface area contributed by atoms with E-state index in [1.807, 2.05) is 11.4 Å². The summed E-state index contributed by atoms with van der Waals surface area (Å²) in [6.45, 7) is -2.72. The molecule has 4 aromatic rings. The van der Waals surface area contributed by atoms with Gasteiger partial charge >= 0.3 is 0 Å². The van der Waals surface area contributed by atoms with Gasteiger partial charge in [0.25, 0.3) is 5.91 Å². The predicted molar refractivity (Wildman–Crippen MR) is 111 cm³/mol. The predicted octanol–water partition coefficient (Wildman–Crippen LogP) is 1.32. The van der Waals surface area contributed by atoms with Crippen LogP contribution in [0.15, 0.2) is 36.9 Å². The minimum absolute atomic E-state index is 0.0636. The van der Waals surface area contributed by atoms with Gasteiger partial charge in [-0.1, -0.05) is 6.07 Å². The highest BCUT2D eigenvalue weighted by Crippen LogP contribution is 2.31. The fourth-order valence-electron chi connectivity index (χ4n) is 3.30. The van der Waals surface area contributed by atoms with Crippen molar-refractivity contribution >= 4 is 28.7 Å². The Bertz CT molecular complexity index is 1420. The van der Waals surface area contributed by atoms with Crippen molar-refractivity contribution in [2.24, 2.45) is 13.0 Å². The molecule has 0 aliphatic heterocycles. The molecule has 31 heavy (non-hydrogen) atoms. The van der Waals surface area contributed by atoms with Crippen LogP contribution in [0.1, 0.15) is 27.4 Å². The Morgan fingerprint density at radius 3 is 2.81 bits per heavy atom. The van der Waals surface area contributed by atoms with Crippen molar-refractivity contribution in [2.75, 3.05) is 12.3 Å². The summed E-state index contributed by atoms with van der Waals surface area (Å²) in [5.41, 5.74) is 1.81. The number of imidazole rings is 1. The van der Waals surface area contributed by atoms with Crippen molar-refractivity contribution in [3.05, 3.63) is 42.6 Å². The fraction of sp³-hybridized carbons (Fsp3) is 0.250. The number of aryl methyl sites for hydroxylation is 1. The lowest BCUT2D eigenvalue weighted by Crippen LogP contribution is -2.23. The van der Waals surface area contributed by atoms with Crippen LogP contribution in [0.5, 0.6) is 0 Å². The van der Waals surface area contributed by atoms with Gasteiger partial charge < -0.3 is 10.6 Å². The summed E-state index contributed by atoms with van der Waals surface area (Å²) in [6, 6.07) is 6.86. The Morgan fingerprint density at radius 1 is 1.19 bits per heavy atom. The van der Waals surface area contributed by atoms with Crippen molar-refractivity contribution in [2.45, 2.75) is 12.8 Å². The maximum atomic E-state index is 12.7. The number of carbonyl (C=O) groups excluding carboxylic acids is 2. The number of hydrogen-bond acceptors (Lipinski definition) is 7. The first kappa shape index (κ1) is 15.7. The molecule has 0 saturated heterocycles. The van der Waals surface area contributed by atoms with Crippen molar-refractivity contribution in [3.63, 3.8) is 0 Å². The first-order valence-electron chi connectivity index (χ1n) is 11.0. The zero-order valence-corrected chi connectivity index (χ0v) is 16.4. The SMILES string of the molecule is [2H]C([2H])([2H])NC(=O)c1nnc(NC(=O)C2CC2)cc1-n1cnc2c(-c3ncn(C)n3)cccc21. The largest absolute Gasteiger partial charge is 0.354 e. The normalized spacial score (nSPS) is 15.2. The Kier molecular flexibility index (Phi) is 3.67. The molecule has 0 spiro atoms. The van der Waals surface area contributed by atoms with Crippen LogP contribution in [0.4, 0.5) is 5.82 Å². The summed E-state index contributed by atoms with van der Waals surface area (Å²) < 4.78 is 25.2. The minimum Gasteiger partial charge on any atom is -0.354 e. The van der Waals surface area contributed by atoms with Crippen LogP contribution in [0.2, 0.25) is 0 Å². The molecule has 1 aromatic carbocycles. The number of nitrogens with one attached hydrogen (secondary N) is 2. The lowest BCUT2D eigenvalue weighted by atomic mass is 10.1. The molecule has 0 radical (unpaired) electrons. The number of aromatic nitrogens is 7. The number of hydrogen-bond donors (Lipinski definition) is 2. The van der Waals surface area contributed by atoms with Gasteiger partial charge in [0.2, 0.25) is 5.91 Å². The quantitative estimate of drug-likeness (QED) is 0.497. The lowest BCUT2D eigenvalue weighted by Gasteiger charge is -2.11. The number of anilines is 1. The summed E-state index contributed by atoms with van der Waals surface area (Å²) in [6.07, 6.45) is 4.67. The number of nitrogens with zero attached hydrogens (tertiary/aromatic N) is 7. The molecule has 3 heterocycles. The van der Waals surface area contributed by atoms with E-state index in [1.54, 1.807) is 34.8 Å². The van der Waals surface area contributed by atoms with E-state index in [0.29, 0.717) is 22.4 Å². The first-order chi connectivity index (χ1) is 16.2. The third-order valence-electron chi connectivity index (χ3n) is 4.98. The number of benzene rings is 1. The summed E-state index contributed by atoms with van der Waals surface area (Å²) in [4.78, 5) is 33.7. The molecule has 2 amide bonds. The van der Waals surface area contributed by atoms with Gasteiger partial charge in [-0.2, -0.15) is 5.10 Å². The highest BCUT2D eigenvalue weighted by Gasteiger charge is 2.30. The smallest absolute Gasteiger partial charge is 0.273 e. The molecule has 0 atom stereocenters. The molecule has 156 valence electrons. The van der Waals surface area contributed by atoms with Gasteiger partial charge in [0.05, 0.1) is 16.7 Å². The Balaban J connectivity index is 1.63. The molecular formula is C20H19N9O2. The number of para-hydroxylation sites is 1. The molecule has 1 saturated carbocycles. The Hall–Kier alpha value is -4.15. The molecular weight excluding hydrogens is 398 g/mol. The maximum Gasteiger partial charge on any atom is 0.273 e. The Morgan fingerprint density at radius 2 is 2.06 bits per heavy atom. The molecule has 0 unspecified atom stereocenters. The average Bonchev–Trinajstić information content (AvgIpc) is 3.40. The van der Waals surface area contributed by atoms with E-state index in [-0.39, 0.29) is 29.0 Å². The monoisotopic (exact) mass is 420 g/mol. The Labute approximate surface area is 180 Å². The maximum absolute atomic E-state index is 12.7. The van der Waals surface area contributed by atoms with E-state index in [9.17, 15) is 9.59 Å². The van der Waals surface area contributed by atoms with Gasteiger partial charge in [0.15, 0.2) is 17.3 Å². The second-order valence-electron chi connectivity index (χ2n) is 7.21. The van der Waals surface area contributed by atoms with Crippen molar-refractivity contribution in [1.82, 2.24) is 39.8 Å². The van der Waals surface area contributed by atoms with Gasteiger partial charge in [-0.05, 0) is 25.0 Å². The van der Waals surface area contributed by atoms with Crippen LogP contribution in [-0.2, 0) is 11.8 Å². The van der Waals surface area contributed by atoms with Crippen LogP contribution >= 0.6 is 0 Å². The molecule has 1 aliphatic rings. The standard InChI is InChI=1S/C20H19N9O2/c1-21-20(31)17-14(8-15(25-26-17)24-19(30)11-6-7-11)29-10-22-16-12(4-3-5-13(16)29)18-23-9-28(2)27-18/h3-5,8-11H,6-7H2,1-2H3,(H,21,31)(H,24,25,30)/i1D3. The van der Waals surface area contributed by atoms with Crippen LogP contribution in [0.25, 0.3) is 28.1 Å². The molecule has 1 aliphatic carbocycles. The summed E-state index contributed by atoms with van der Waals surface area (Å²) in [5.74, 6) is -0.567. The van der Waals surface area contributed by atoms with E-state index in [2.05, 4.69) is 30.6 Å². The number of carbonyl (C=O) groups is 2. The zero-order chi connectivity index (χ0) is 24.0. The van der Waals surface area contributed by atoms with Crippen molar-refractivity contribution in [3.8, 4) is 17.1 Å². The van der Waals surface area contributed by atoms with Gasteiger partial charge in [-0.25, -0.2) is 9.97 Å². The molecule has 5 rings (SSSR count). The fourth-order valence-corrected chi connectivity index (χ4v) is 3.30. The van der Waals surface area contributed by atoms with Gasteiger partial charge in [-0.15, -0.1) is 10.2 Å². The third kappa shape index (κ3) is 3.39. The second-order valence-corrected chi connectivity index (χ2v) is 7.21. The molecule has 0 bridgehead atoms. The van der Waals surface area contributed by atoms with E-state index in [4.69, 9.17) is 4.11 Å². The number of fused-ring (bicyclic) bond motifs is 1. The van der Waals surface area contributed by atoms with E-state index >= 15 is 0 Å². The number of rotatable bonds is 5. The van der Waals surface area contributed by atoms with Gasteiger partial charge in [-0.3, -0.25) is 18.8 Å². The van der Waals surface area contributed by atoms with Gasteiger partial charge in [0.1, 0.15) is 12.7 Å². The second kappa shape index (κ2) is 7.27. The highest BCUT2D eigenvalue weighted by molar-refractivity contribution is 5.98. The molecule has 11 nitrogen and oxygen atoms in total. The molecule has 3 aromatic heterocycles. The summed E-state index contributed by atoms with van der Waals surface area (Å²) in [7, 11) is 1.76. The van der Waals surface area contributed by atoms with Crippen molar-refractivity contribution < 1.29 is 13.7 Å². The summed E-state index contributed by atoms with van der Waals surface area (Å²) >= 11 is 0. The van der Waals surface area contributed by atoms with Crippen LogP contribution in [0.3, 0.4) is 0 Å². The molecule has 11 heteroatoms. The minimum atomic E-state index is -2.72. The molecule has 1 fully saturated rings. The number of amides is 2. The summed E-state index contributed by atoms with van der Waals surface area (Å²) in [5, 5.41) is 16.8. The zero-order valence-electron chi connectivity index (χ0n) is 19.4. The highest BCUT2D eigenvalue weighted by atomic mass is 16.2. The third-order valence-corrected chi connectivity index (χ3v) is 4.98.